The van der Waals surface area contributed by atoms with Crippen LogP contribution in [0.3, 0.4) is 0 Å². The summed E-state index contributed by atoms with van der Waals surface area (Å²) in [7, 11) is 1.41. The van der Waals surface area contributed by atoms with Gasteiger partial charge in [-0.15, -0.1) is 0 Å². The van der Waals surface area contributed by atoms with E-state index in [4.69, 9.17) is 0 Å². The number of aromatic nitrogens is 1. The quantitative estimate of drug-likeness (QED) is 0.675. The van der Waals surface area contributed by atoms with Crippen LogP contribution in [-0.2, 0) is 7.05 Å². The van der Waals surface area contributed by atoms with E-state index in [1.165, 1.54) is 11.6 Å². The Morgan fingerprint density at radius 3 is 2.38 bits per heavy atom. The zero-order valence-corrected chi connectivity index (χ0v) is 12.1. The number of nitrogens with one attached hydrogen (secondary N) is 1. The van der Waals surface area contributed by atoms with E-state index < -0.39 is 28.2 Å². The average Bonchev–Trinajstić information content (AvgIpc) is 2.76. The molecule has 0 fully saturated rings. The first-order chi connectivity index (χ1) is 9.79. The molecule has 6 nitrogen and oxygen atoms in total. The van der Waals surface area contributed by atoms with Crippen molar-refractivity contribution in [2.75, 3.05) is 5.32 Å². The largest absolute Gasteiger partial charge is 0.340 e. The fourth-order valence-corrected chi connectivity index (χ4v) is 2.11. The molecule has 0 radical (unpaired) electrons. The summed E-state index contributed by atoms with van der Waals surface area (Å²) in [5, 5.41) is 12.7. The number of carbonyl (C=O) groups excluding carboxylic acids is 1. The molecule has 2 rings (SSSR count). The van der Waals surface area contributed by atoms with Gasteiger partial charge in [-0.3, -0.25) is 14.9 Å². The molecular weight excluding hydrogens is 352 g/mol. The number of nitrogens with zero attached hydrogens (tertiary/aromatic N) is 2. The molecule has 110 valence electrons. The summed E-state index contributed by atoms with van der Waals surface area (Å²) in [4.78, 5) is 21.9. The summed E-state index contributed by atoms with van der Waals surface area (Å²) in [6.07, 6.45) is 1.13. The van der Waals surface area contributed by atoms with E-state index in [9.17, 15) is 23.7 Å². The van der Waals surface area contributed by atoms with Crippen molar-refractivity contribution in [1.29, 1.82) is 0 Å². The van der Waals surface area contributed by atoms with E-state index in [0.29, 0.717) is 0 Å². The average molecular weight is 360 g/mol. The topological polar surface area (TPSA) is 77.2 Å². The second kappa shape index (κ2) is 5.60. The minimum absolute atomic E-state index is 0.0941. The number of anilines is 1. The van der Waals surface area contributed by atoms with Crippen LogP contribution in [0.25, 0.3) is 0 Å². The molecule has 2 aromatic rings. The molecule has 1 heterocycles. The van der Waals surface area contributed by atoms with E-state index >= 15 is 0 Å². The normalized spacial score (nSPS) is 10.5. The SMILES string of the molecule is Cn1cc([N+](=O)[O-])cc1C(=O)Nc1c(F)cc(Br)cc1F. The van der Waals surface area contributed by atoms with Crippen LogP contribution in [0.15, 0.2) is 28.9 Å². The monoisotopic (exact) mass is 359 g/mol. The van der Waals surface area contributed by atoms with Gasteiger partial charge in [0.05, 0.1) is 11.1 Å². The molecule has 1 aromatic carbocycles. The summed E-state index contributed by atoms with van der Waals surface area (Å²) in [5.41, 5.74) is -1.00. The van der Waals surface area contributed by atoms with Crippen molar-refractivity contribution in [3.05, 3.63) is 56.3 Å². The van der Waals surface area contributed by atoms with Crippen LogP contribution < -0.4 is 5.32 Å². The number of halogens is 3. The molecule has 21 heavy (non-hydrogen) atoms. The number of carbonyl (C=O) groups is 1. The van der Waals surface area contributed by atoms with E-state index in [1.807, 2.05) is 0 Å². The number of rotatable bonds is 3. The molecule has 0 bridgehead atoms. The van der Waals surface area contributed by atoms with Gasteiger partial charge in [-0.1, -0.05) is 15.9 Å². The minimum Gasteiger partial charge on any atom is -0.340 e. The lowest BCUT2D eigenvalue weighted by atomic mass is 10.2. The lowest BCUT2D eigenvalue weighted by Gasteiger charge is -2.08. The van der Waals surface area contributed by atoms with Crippen molar-refractivity contribution in [3.8, 4) is 0 Å². The lowest BCUT2D eigenvalue weighted by Crippen LogP contribution is -2.17. The number of nitro groups is 1. The maximum absolute atomic E-state index is 13.6. The van der Waals surface area contributed by atoms with Gasteiger partial charge in [0, 0.05) is 17.6 Å². The Labute approximate surface area is 125 Å². The maximum Gasteiger partial charge on any atom is 0.287 e. The Balaban J connectivity index is 2.33. The fourth-order valence-electron chi connectivity index (χ4n) is 1.71. The molecule has 0 aliphatic carbocycles. The Morgan fingerprint density at radius 2 is 1.90 bits per heavy atom. The molecule has 0 saturated heterocycles. The molecule has 1 N–H and O–H groups in total. The third-order valence-corrected chi connectivity index (χ3v) is 3.14. The zero-order valence-electron chi connectivity index (χ0n) is 10.6. The van der Waals surface area contributed by atoms with Gasteiger partial charge < -0.3 is 9.88 Å². The Morgan fingerprint density at radius 1 is 1.33 bits per heavy atom. The van der Waals surface area contributed by atoms with E-state index in [-0.39, 0.29) is 15.9 Å². The van der Waals surface area contributed by atoms with Crippen LogP contribution in [0.4, 0.5) is 20.2 Å². The summed E-state index contributed by atoms with van der Waals surface area (Å²) in [6, 6.07) is 3.00. The van der Waals surface area contributed by atoms with E-state index in [2.05, 4.69) is 21.2 Å². The number of amides is 1. The zero-order chi connectivity index (χ0) is 15.7. The molecule has 1 amide bonds. The second-order valence-electron chi connectivity index (χ2n) is 4.15. The first-order valence-corrected chi connectivity index (χ1v) is 6.35. The summed E-state index contributed by atoms with van der Waals surface area (Å²) in [6.45, 7) is 0. The highest BCUT2D eigenvalue weighted by Crippen LogP contribution is 2.25. The molecule has 0 atom stereocenters. The lowest BCUT2D eigenvalue weighted by molar-refractivity contribution is -0.384. The van der Waals surface area contributed by atoms with E-state index in [0.717, 1.165) is 24.4 Å². The molecule has 0 spiro atoms. The van der Waals surface area contributed by atoms with Crippen LogP contribution in [0.2, 0.25) is 0 Å². The molecule has 9 heteroatoms. The summed E-state index contributed by atoms with van der Waals surface area (Å²) in [5.74, 6) is -2.77. The van der Waals surface area contributed by atoms with Gasteiger partial charge in [0.1, 0.15) is 11.4 Å². The van der Waals surface area contributed by atoms with Crippen LogP contribution in [0, 0.1) is 21.7 Å². The molecule has 0 aliphatic rings. The van der Waals surface area contributed by atoms with Gasteiger partial charge in [-0.2, -0.15) is 0 Å². The number of hydrogen-bond donors (Lipinski definition) is 1. The standard InChI is InChI=1S/C12H8BrF2N3O3/c1-17-5-7(18(20)21)4-10(17)12(19)16-11-8(14)2-6(13)3-9(11)15/h2-5H,1H3,(H,16,19). The van der Waals surface area contributed by atoms with Gasteiger partial charge in [0.25, 0.3) is 11.6 Å². The van der Waals surface area contributed by atoms with Crippen LogP contribution in [-0.4, -0.2) is 15.4 Å². The van der Waals surface area contributed by atoms with Crippen LogP contribution >= 0.6 is 15.9 Å². The second-order valence-corrected chi connectivity index (χ2v) is 5.07. The van der Waals surface area contributed by atoms with E-state index in [1.54, 1.807) is 0 Å². The van der Waals surface area contributed by atoms with Crippen LogP contribution in [0.5, 0.6) is 0 Å². The first-order valence-electron chi connectivity index (χ1n) is 5.56. The van der Waals surface area contributed by atoms with Gasteiger partial charge in [-0.25, -0.2) is 8.78 Å². The third-order valence-electron chi connectivity index (χ3n) is 2.68. The van der Waals surface area contributed by atoms with Crippen molar-refractivity contribution >= 4 is 33.2 Å². The predicted molar refractivity (Wildman–Crippen MR) is 74.1 cm³/mol. The number of benzene rings is 1. The Bertz CT molecular complexity index is 722. The van der Waals surface area contributed by atoms with Gasteiger partial charge in [0.2, 0.25) is 0 Å². The van der Waals surface area contributed by atoms with Gasteiger partial charge in [0.15, 0.2) is 11.6 Å². The highest BCUT2D eigenvalue weighted by atomic mass is 79.9. The summed E-state index contributed by atoms with van der Waals surface area (Å²) < 4.78 is 28.6. The molecule has 0 saturated carbocycles. The third kappa shape index (κ3) is 3.07. The minimum atomic E-state index is -0.959. The Hall–Kier alpha value is -2.29. The maximum atomic E-state index is 13.6. The Kier molecular flexibility index (Phi) is 4.03. The van der Waals surface area contributed by atoms with Crippen molar-refractivity contribution < 1.29 is 18.5 Å². The highest BCUT2D eigenvalue weighted by Gasteiger charge is 2.20. The van der Waals surface area contributed by atoms with Gasteiger partial charge in [-0.05, 0) is 12.1 Å². The number of hydrogen-bond acceptors (Lipinski definition) is 3. The van der Waals surface area contributed by atoms with Crippen molar-refractivity contribution in [2.24, 2.45) is 7.05 Å². The van der Waals surface area contributed by atoms with Gasteiger partial charge >= 0.3 is 0 Å². The number of aryl methyl sites for hydroxylation is 1. The predicted octanol–water partition coefficient (Wildman–Crippen LogP) is 3.23. The van der Waals surface area contributed by atoms with Crippen LogP contribution in [0.1, 0.15) is 10.5 Å². The summed E-state index contributed by atoms with van der Waals surface area (Å²) >= 11 is 2.92. The fraction of sp³-hybridized carbons (Fsp3) is 0.0833. The van der Waals surface area contributed by atoms with Crippen molar-refractivity contribution in [3.63, 3.8) is 0 Å². The first kappa shape index (κ1) is 15.1. The molecule has 0 unspecified atom stereocenters. The molecule has 1 aromatic heterocycles. The van der Waals surface area contributed by atoms with Crippen molar-refractivity contribution in [1.82, 2.24) is 4.57 Å². The molecule has 0 aliphatic heterocycles. The van der Waals surface area contributed by atoms with Crippen molar-refractivity contribution in [2.45, 2.75) is 0 Å². The highest BCUT2D eigenvalue weighted by molar-refractivity contribution is 9.10. The molecular formula is C12H8BrF2N3O3. The smallest absolute Gasteiger partial charge is 0.287 e.